The van der Waals surface area contributed by atoms with Crippen molar-refractivity contribution in [3.05, 3.63) is 35.5 Å². The van der Waals surface area contributed by atoms with Crippen molar-refractivity contribution < 1.29 is 9.53 Å². The summed E-state index contributed by atoms with van der Waals surface area (Å²) in [7, 11) is 2.16. The van der Waals surface area contributed by atoms with E-state index in [1.165, 1.54) is 6.42 Å². The highest BCUT2D eigenvalue weighted by atomic mass is 35.5. The maximum absolute atomic E-state index is 11.1. The molecule has 3 N–H and O–H groups in total. The van der Waals surface area contributed by atoms with E-state index in [0.717, 1.165) is 92.8 Å². The molecular weight excluding hydrogens is 476 g/mol. The molecule has 0 spiro atoms. The van der Waals surface area contributed by atoms with E-state index >= 15 is 0 Å². The van der Waals surface area contributed by atoms with Crippen molar-refractivity contribution >= 4 is 34.9 Å². The Morgan fingerprint density at radius 3 is 2.67 bits per heavy atom. The predicted octanol–water partition coefficient (Wildman–Crippen LogP) is 5.00. The van der Waals surface area contributed by atoms with Crippen LogP contribution >= 0.6 is 11.6 Å². The molecule has 3 aromatic rings. The van der Waals surface area contributed by atoms with Crippen molar-refractivity contribution in [2.45, 2.75) is 62.9 Å². The highest BCUT2D eigenvalue weighted by molar-refractivity contribution is 6.34. The van der Waals surface area contributed by atoms with Crippen molar-refractivity contribution in [2.75, 3.05) is 32.1 Å². The van der Waals surface area contributed by atoms with Gasteiger partial charge in [-0.25, -0.2) is 9.97 Å². The first kappa shape index (κ1) is 24.8. The number of ether oxygens (including phenoxy) is 1. The topological polar surface area (TPSA) is 95.2 Å². The van der Waals surface area contributed by atoms with Crippen molar-refractivity contribution in [1.29, 1.82) is 0 Å². The monoisotopic (exact) mass is 510 g/mol. The van der Waals surface area contributed by atoms with Gasteiger partial charge in [-0.3, -0.25) is 4.79 Å². The summed E-state index contributed by atoms with van der Waals surface area (Å²) < 4.78 is 6.03. The molecule has 2 aliphatic rings. The summed E-state index contributed by atoms with van der Waals surface area (Å²) in [5.74, 6) is 1.55. The van der Waals surface area contributed by atoms with E-state index in [9.17, 15) is 4.79 Å². The molecule has 1 aliphatic heterocycles. The van der Waals surface area contributed by atoms with Gasteiger partial charge in [-0.15, -0.1) is 0 Å². The number of piperidine rings is 1. The Labute approximate surface area is 217 Å². The molecule has 2 fully saturated rings. The molecule has 3 heterocycles. The van der Waals surface area contributed by atoms with Crippen LogP contribution in [0.4, 0.5) is 5.69 Å². The normalized spacial score (nSPS) is 18.7. The van der Waals surface area contributed by atoms with Crippen molar-refractivity contribution in [3.63, 3.8) is 0 Å². The molecule has 9 heteroatoms. The summed E-state index contributed by atoms with van der Waals surface area (Å²) in [5.41, 5.74) is 3.15. The number of imidazole rings is 1. The zero-order chi connectivity index (χ0) is 25.0. The van der Waals surface area contributed by atoms with Crippen LogP contribution in [0.2, 0.25) is 5.02 Å². The standard InChI is InChI=1S/C27H35ClN6O2/c1-34-14-9-20(10-15-34)31-23-22(28)17-29-26-24(23)32-25(33-26)19-5-7-21(8-6-19)36-16-13-27(30-18-35)11-3-2-4-12-27/h5-8,17-18,20H,2-4,9-16H2,1H3,(H,30,35)(H2,29,31,32,33). The zero-order valence-electron chi connectivity index (χ0n) is 20.9. The Balaban J connectivity index is 1.26. The van der Waals surface area contributed by atoms with Gasteiger partial charge in [0.25, 0.3) is 0 Å². The fourth-order valence-corrected chi connectivity index (χ4v) is 5.65. The highest BCUT2D eigenvalue weighted by Crippen LogP contribution is 2.33. The second kappa shape index (κ2) is 11.0. The van der Waals surface area contributed by atoms with Gasteiger partial charge in [0.2, 0.25) is 6.41 Å². The average molecular weight is 511 g/mol. The third-order valence-corrected chi connectivity index (χ3v) is 7.97. The van der Waals surface area contributed by atoms with Gasteiger partial charge in [0.15, 0.2) is 5.65 Å². The van der Waals surface area contributed by atoms with Crippen molar-refractivity contribution in [1.82, 2.24) is 25.2 Å². The molecule has 1 aromatic carbocycles. The molecule has 0 unspecified atom stereocenters. The molecule has 0 radical (unpaired) electrons. The Morgan fingerprint density at radius 1 is 1.19 bits per heavy atom. The van der Waals surface area contributed by atoms with Crippen LogP contribution in [0, 0.1) is 0 Å². The number of hydrogen-bond acceptors (Lipinski definition) is 6. The Kier molecular flexibility index (Phi) is 7.62. The lowest BCUT2D eigenvalue weighted by atomic mass is 9.79. The first-order valence-corrected chi connectivity index (χ1v) is 13.4. The second-order valence-corrected chi connectivity index (χ2v) is 10.6. The number of aromatic amines is 1. The number of likely N-dealkylation sites (tertiary alicyclic amines) is 1. The van der Waals surface area contributed by atoms with E-state index in [1.54, 1.807) is 6.20 Å². The lowest BCUT2D eigenvalue weighted by Crippen LogP contribution is -2.47. The number of anilines is 1. The lowest BCUT2D eigenvalue weighted by Gasteiger charge is -2.36. The SMILES string of the molecule is CN1CCC(Nc2c(Cl)cnc3[nH]c(-c4ccc(OCCC5(NC=O)CCCCC5)cc4)nc23)CC1. The molecule has 1 amide bonds. The van der Waals surface area contributed by atoms with Gasteiger partial charge >= 0.3 is 0 Å². The highest BCUT2D eigenvalue weighted by Gasteiger charge is 2.31. The molecule has 0 atom stereocenters. The number of H-pyrrole nitrogens is 1. The van der Waals surface area contributed by atoms with Gasteiger partial charge < -0.3 is 25.3 Å². The number of rotatable bonds is 9. The van der Waals surface area contributed by atoms with E-state index in [0.29, 0.717) is 23.3 Å². The number of benzene rings is 1. The minimum atomic E-state index is -0.123. The minimum absolute atomic E-state index is 0.123. The van der Waals surface area contributed by atoms with Crippen LogP contribution in [0.25, 0.3) is 22.6 Å². The molecule has 2 aromatic heterocycles. The summed E-state index contributed by atoms with van der Waals surface area (Å²) >= 11 is 6.53. The molecule has 1 saturated carbocycles. The fourth-order valence-electron chi connectivity index (χ4n) is 5.46. The van der Waals surface area contributed by atoms with Crippen LogP contribution in [0.3, 0.4) is 0 Å². The predicted molar refractivity (Wildman–Crippen MR) is 144 cm³/mol. The smallest absolute Gasteiger partial charge is 0.207 e. The maximum Gasteiger partial charge on any atom is 0.207 e. The number of hydrogen-bond donors (Lipinski definition) is 3. The number of halogens is 1. The van der Waals surface area contributed by atoms with E-state index in [1.807, 2.05) is 24.3 Å². The van der Waals surface area contributed by atoms with Crippen LogP contribution in [0.15, 0.2) is 30.5 Å². The Bertz CT molecular complexity index is 1170. The van der Waals surface area contributed by atoms with Gasteiger partial charge in [-0.1, -0.05) is 30.9 Å². The largest absolute Gasteiger partial charge is 0.494 e. The van der Waals surface area contributed by atoms with Crippen LogP contribution in [-0.4, -0.2) is 64.6 Å². The molecule has 1 saturated heterocycles. The molecule has 36 heavy (non-hydrogen) atoms. The third-order valence-electron chi connectivity index (χ3n) is 7.69. The number of carbonyl (C=O) groups is 1. The van der Waals surface area contributed by atoms with Crippen molar-refractivity contribution in [2.24, 2.45) is 0 Å². The second-order valence-electron chi connectivity index (χ2n) is 10.2. The maximum atomic E-state index is 11.1. The summed E-state index contributed by atoms with van der Waals surface area (Å²) in [6.45, 7) is 2.70. The van der Waals surface area contributed by atoms with Crippen LogP contribution in [0.1, 0.15) is 51.4 Å². The van der Waals surface area contributed by atoms with E-state index in [4.69, 9.17) is 21.3 Å². The zero-order valence-corrected chi connectivity index (χ0v) is 21.6. The lowest BCUT2D eigenvalue weighted by molar-refractivity contribution is -0.111. The molecule has 1 aliphatic carbocycles. The Hall–Kier alpha value is -2.84. The first-order chi connectivity index (χ1) is 17.5. The number of amides is 1. The Morgan fingerprint density at radius 2 is 1.94 bits per heavy atom. The van der Waals surface area contributed by atoms with Crippen molar-refractivity contribution in [3.8, 4) is 17.1 Å². The average Bonchev–Trinajstić information content (AvgIpc) is 3.33. The number of fused-ring (bicyclic) bond motifs is 1. The van der Waals surface area contributed by atoms with Crippen LogP contribution in [0.5, 0.6) is 5.75 Å². The van der Waals surface area contributed by atoms with Gasteiger partial charge in [-0.05, 0) is 70.1 Å². The van der Waals surface area contributed by atoms with E-state index in [2.05, 4.69) is 32.5 Å². The minimum Gasteiger partial charge on any atom is -0.494 e. The number of pyridine rings is 1. The third kappa shape index (κ3) is 5.60. The first-order valence-electron chi connectivity index (χ1n) is 13.0. The number of nitrogens with one attached hydrogen (secondary N) is 3. The molecule has 0 bridgehead atoms. The quantitative estimate of drug-likeness (QED) is 0.350. The molecule has 5 rings (SSSR count). The fraction of sp³-hybridized carbons (Fsp3) is 0.519. The van der Waals surface area contributed by atoms with Gasteiger partial charge in [0.1, 0.15) is 17.1 Å². The number of nitrogens with zero attached hydrogens (tertiary/aromatic N) is 3. The van der Waals surface area contributed by atoms with Gasteiger partial charge in [0.05, 0.1) is 23.5 Å². The molecule has 192 valence electrons. The molecule has 8 nitrogen and oxygen atoms in total. The molecular formula is C27H35ClN6O2. The van der Waals surface area contributed by atoms with Gasteiger partial charge in [-0.2, -0.15) is 0 Å². The van der Waals surface area contributed by atoms with Crippen LogP contribution < -0.4 is 15.4 Å². The van der Waals surface area contributed by atoms with Gasteiger partial charge in [0, 0.05) is 23.6 Å². The summed E-state index contributed by atoms with van der Waals surface area (Å²) in [5, 5.41) is 7.27. The number of carbonyl (C=O) groups excluding carboxylic acids is 1. The number of aromatic nitrogens is 3. The summed E-state index contributed by atoms with van der Waals surface area (Å²) in [6, 6.07) is 8.29. The van der Waals surface area contributed by atoms with Crippen LogP contribution in [-0.2, 0) is 4.79 Å². The summed E-state index contributed by atoms with van der Waals surface area (Å²) in [6.07, 6.45) is 11.1. The van der Waals surface area contributed by atoms with E-state index < -0.39 is 0 Å². The summed E-state index contributed by atoms with van der Waals surface area (Å²) in [4.78, 5) is 26.1. The van der Waals surface area contributed by atoms with E-state index in [-0.39, 0.29) is 5.54 Å².